The van der Waals surface area contributed by atoms with Gasteiger partial charge in [-0.05, 0) is 61.6 Å². The number of nitrogens with zero attached hydrogens (tertiary/aromatic N) is 4. The smallest absolute Gasteiger partial charge is 0.0244 e. The molecule has 4 rings (SSSR count). The minimum Gasteiger partial charge on any atom is -0.301 e. The van der Waals surface area contributed by atoms with Crippen LogP contribution >= 0.6 is 0 Å². The predicted octanol–water partition coefficient (Wildman–Crippen LogP) is 1.96. The van der Waals surface area contributed by atoms with Crippen LogP contribution in [0.3, 0.4) is 0 Å². The molecule has 0 saturated carbocycles. The number of fused-ring (bicyclic) bond motifs is 4. The van der Waals surface area contributed by atoms with Gasteiger partial charge in [0.05, 0.1) is 0 Å². The SMILES string of the molecule is CC(C)N1C[C@H]2C[C@@H]1CN2C.CN1C[C@H]2C[C@@H]1CN2C(C)(C)C. The van der Waals surface area contributed by atoms with Gasteiger partial charge in [-0.15, -0.1) is 0 Å². The van der Waals surface area contributed by atoms with E-state index < -0.39 is 0 Å². The minimum absolute atomic E-state index is 0.376. The van der Waals surface area contributed by atoms with Crippen molar-refractivity contribution in [3.8, 4) is 0 Å². The van der Waals surface area contributed by atoms with Crippen LogP contribution in [0.15, 0.2) is 0 Å². The lowest BCUT2D eigenvalue weighted by atomic mass is 10.0. The van der Waals surface area contributed by atoms with Crippen molar-refractivity contribution in [1.82, 2.24) is 19.6 Å². The van der Waals surface area contributed by atoms with Crippen molar-refractivity contribution in [2.75, 3.05) is 40.3 Å². The largest absolute Gasteiger partial charge is 0.301 e. The van der Waals surface area contributed by atoms with Crippen molar-refractivity contribution in [3.05, 3.63) is 0 Å². The second-order valence-corrected chi connectivity index (χ2v) is 9.58. The first-order valence-electron chi connectivity index (χ1n) is 9.59. The van der Waals surface area contributed by atoms with Crippen molar-refractivity contribution in [2.24, 2.45) is 0 Å². The Labute approximate surface area is 143 Å². The highest BCUT2D eigenvalue weighted by atomic mass is 15.4. The maximum absolute atomic E-state index is 2.66. The monoisotopic (exact) mass is 322 g/mol. The summed E-state index contributed by atoms with van der Waals surface area (Å²) in [6.45, 7) is 16.8. The van der Waals surface area contributed by atoms with Gasteiger partial charge in [0, 0.05) is 61.9 Å². The van der Waals surface area contributed by atoms with E-state index in [9.17, 15) is 0 Å². The average Bonchev–Trinajstić information content (AvgIpc) is 3.15. The molecule has 0 aromatic heterocycles. The molecular weight excluding hydrogens is 284 g/mol. The summed E-state index contributed by atoms with van der Waals surface area (Å²) in [6.07, 6.45) is 2.81. The third-order valence-corrected chi connectivity index (χ3v) is 6.60. The highest BCUT2D eigenvalue weighted by Gasteiger charge is 2.45. The van der Waals surface area contributed by atoms with Gasteiger partial charge >= 0.3 is 0 Å². The summed E-state index contributed by atoms with van der Waals surface area (Å²) < 4.78 is 0. The van der Waals surface area contributed by atoms with Crippen LogP contribution in [0, 0.1) is 0 Å². The quantitative estimate of drug-likeness (QED) is 0.731. The number of likely N-dealkylation sites (tertiary alicyclic amines) is 4. The Hall–Kier alpha value is -0.160. The third-order valence-electron chi connectivity index (χ3n) is 6.60. The van der Waals surface area contributed by atoms with E-state index in [4.69, 9.17) is 0 Å². The summed E-state index contributed by atoms with van der Waals surface area (Å²) in [4.78, 5) is 10.3. The lowest BCUT2D eigenvalue weighted by Crippen LogP contribution is -2.52. The maximum atomic E-state index is 2.66. The summed E-state index contributed by atoms with van der Waals surface area (Å²) in [5.74, 6) is 0. The van der Waals surface area contributed by atoms with Gasteiger partial charge in [0.1, 0.15) is 0 Å². The van der Waals surface area contributed by atoms with Gasteiger partial charge in [-0.2, -0.15) is 0 Å². The Kier molecular flexibility index (Phi) is 4.83. The van der Waals surface area contributed by atoms with Crippen molar-refractivity contribution in [3.63, 3.8) is 0 Å². The molecule has 0 radical (unpaired) electrons. The lowest BCUT2D eigenvalue weighted by Gasteiger charge is -2.41. The van der Waals surface area contributed by atoms with Crippen LogP contribution in [0.5, 0.6) is 0 Å². The van der Waals surface area contributed by atoms with Gasteiger partial charge in [-0.3, -0.25) is 9.80 Å². The molecule has 4 aliphatic rings. The van der Waals surface area contributed by atoms with Gasteiger partial charge in [0.2, 0.25) is 0 Å². The Balaban J connectivity index is 0.000000136. The molecule has 4 heterocycles. The Bertz CT molecular complexity index is 412. The van der Waals surface area contributed by atoms with Crippen LogP contribution in [-0.4, -0.2) is 95.6 Å². The van der Waals surface area contributed by atoms with E-state index in [0.29, 0.717) is 5.54 Å². The summed E-state index contributed by atoms with van der Waals surface area (Å²) in [6, 6.07) is 4.15. The summed E-state index contributed by atoms with van der Waals surface area (Å²) in [7, 11) is 4.51. The van der Waals surface area contributed by atoms with Gasteiger partial charge in [0.15, 0.2) is 0 Å². The van der Waals surface area contributed by atoms with Crippen molar-refractivity contribution < 1.29 is 0 Å². The lowest BCUT2D eigenvalue weighted by molar-refractivity contribution is 0.0677. The summed E-state index contributed by atoms with van der Waals surface area (Å²) in [5, 5.41) is 0. The molecule has 0 aromatic carbocycles. The number of hydrogen-bond donors (Lipinski definition) is 0. The minimum atomic E-state index is 0.376. The van der Waals surface area contributed by atoms with E-state index in [-0.39, 0.29) is 0 Å². The standard InChI is InChI=1S/C10H20N2.C9H18N2/c1-10(2,3)12-7-8-5-9(12)6-11(8)4;1-7(2)11-6-8-4-9(11)5-10(8)3/h8-9H,5-7H2,1-4H3;7-9H,4-6H2,1-3H3/t2*8-,9-/m11/s1. The number of piperazine rings is 2. The molecule has 4 fully saturated rings. The zero-order valence-electron chi connectivity index (χ0n) is 16.4. The number of likely N-dealkylation sites (N-methyl/N-ethyl adjacent to an activating group) is 2. The van der Waals surface area contributed by atoms with E-state index >= 15 is 0 Å². The first kappa shape index (κ1) is 17.7. The van der Waals surface area contributed by atoms with E-state index in [0.717, 1.165) is 30.2 Å². The first-order valence-corrected chi connectivity index (χ1v) is 9.59. The molecule has 0 aliphatic carbocycles. The van der Waals surface area contributed by atoms with Crippen molar-refractivity contribution in [1.29, 1.82) is 0 Å². The second-order valence-electron chi connectivity index (χ2n) is 9.58. The van der Waals surface area contributed by atoms with E-state index in [2.05, 4.69) is 68.3 Å². The van der Waals surface area contributed by atoms with E-state index in [1.54, 1.807) is 0 Å². The van der Waals surface area contributed by atoms with Crippen molar-refractivity contribution in [2.45, 2.75) is 83.2 Å². The fraction of sp³-hybridized carbons (Fsp3) is 1.00. The summed E-state index contributed by atoms with van der Waals surface area (Å²) in [5.41, 5.74) is 0.376. The molecule has 4 nitrogen and oxygen atoms in total. The molecule has 0 spiro atoms. The second kappa shape index (κ2) is 6.29. The van der Waals surface area contributed by atoms with Crippen LogP contribution in [0.25, 0.3) is 0 Å². The third kappa shape index (κ3) is 3.46. The van der Waals surface area contributed by atoms with Crippen LogP contribution in [0.1, 0.15) is 47.5 Å². The molecule has 4 saturated heterocycles. The molecule has 23 heavy (non-hydrogen) atoms. The maximum Gasteiger partial charge on any atom is 0.0244 e. The van der Waals surface area contributed by atoms with Crippen LogP contribution in [-0.2, 0) is 0 Å². The fourth-order valence-corrected chi connectivity index (χ4v) is 5.22. The molecule has 134 valence electrons. The normalized spacial score (nSPS) is 38.6. The molecule has 0 N–H and O–H groups in total. The molecule has 0 amide bonds. The zero-order valence-corrected chi connectivity index (χ0v) is 16.4. The Morgan fingerprint density at radius 1 is 0.739 bits per heavy atom. The van der Waals surface area contributed by atoms with Crippen LogP contribution in [0.4, 0.5) is 0 Å². The molecular formula is C19H38N4. The van der Waals surface area contributed by atoms with Gasteiger partial charge in [-0.25, -0.2) is 0 Å². The molecule has 4 atom stereocenters. The molecule has 4 heteroatoms. The van der Waals surface area contributed by atoms with Crippen molar-refractivity contribution >= 4 is 0 Å². The predicted molar refractivity (Wildman–Crippen MR) is 97.9 cm³/mol. The molecule has 0 unspecified atom stereocenters. The van der Waals surface area contributed by atoms with Gasteiger partial charge in [-0.1, -0.05) is 0 Å². The average molecular weight is 323 g/mol. The topological polar surface area (TPSA) is 13.0 Å². The molecule has 4 bridgehead atoms. The Morgan fingerprint density at radius 3 is 1.57 bits per heavy atom. The van der Waals surface area contributed by atoms with E-state index in [1.807, 2.05) is 0 Å². The first-order chi connectivity index (χ1) is 10.7. The van der Waals surface area contributed by atoms with Gasteiger partial charge < -0.3 is 9.80 Å². The number of hydrogen-bond acceptors (Lipinski definition) is 4. The van der Waals surface area contributed by atoms with Crippen LogP contribution < -0.4 is 0 Å². The molecule has 4 aliphatic heterocycles. The fourth-order valence-electron chi connectivity index (χ4n) is 5.22. The highest BCUT2D eigenvalue weighted by molar-refractivity contribution is 5.02. The summed E-state index contributed by atoms with van der Waals surface area (Å²) >= 11 is 0. The zero-order chi connectivity index (χ0) is 16.9. The van der Waals surface area contributed by atoms with Crippen LogP contribution in [0.2, 0.25) is 0 Å². The highest BCUT2D eigenvalue weighted by Crippen LogP contribution is 2.34. The Morgan fingerprint density at radius 2 is 1.26 bits per heavy atom. The number of rotatable bonds is 1. The van der Waals surface area contributed by atoms with Gasteiger partial charge in [0.25, 0.3) is 0 Å². The van der Waals surface area contributed by atoms with E-state index in [1.165, 1.54) is 39.0 Å². The molecule has 0 aromatic rings.